The Balaban J connectivity index is 0.000000435. The predicted octanol–water partition coefficient (Wildman–Crippen LogP) is 2.99. The molecular formula is C69H92O32. The third-order valence-electron chi connectivity index (χ3n) is 13.5. The highest BCUT2D eigenvalue weighted by Crippen LogP contribution is 2.25. The summed E-state index contributed by atoms with van der Waals surface area (Å²) < 4.78 is 74.7. The highest BCUT2D eigenvalue weighted by Gasteiger charge is 2.30. The molecule has 101 heavy (non-hydrogen) atoms. The van der Waals surface area contributed by atoms with Gasteiger partial charge in [-0.05, 0) is 116 Å². The number of aliphatic hydroxyl groups excluding tert-OH is 6. The van der Waals surface area contributed by atoms with Gasteiger partial charge in [0.1, 0.15) is 123 Å². The number of carbonyl (C=O) groups is 5. The standard InChI is InChI=1S/C38H48O17.C31H44O15/c1-23-4-25(8-28(39)6-23)35(46)53-16-32(43)13-49-19-38(3,20-50-14-33(44)17-54-36(47)26-5-24(2)7-29(40)9-26)21-52-22-51-15-34(45)18-55-37(48)27-10-30(41)12-31(42)11-27;1-20-4-21(6-23(32)5-20)29(38)45-14-27(36)12-42-17-31(2,16-41-11-26(35)10-40-3)18-44-19-43-13-28(37)15-46-30(39)22-7-24(33)9-25(34)8-22/h4-12,32-34,39-45H,13-22H2,1-3H3;4-9,26-28,32-37H,10-19H2,1-3H3. The molecule has 7 unspecified atom stereocenters. The molecule has 5 aromatic carbocycles. The van der Waals surface area contributed by atoms with Crippen LogP contribution in [-0.2, 0) is 66.3 Å². The Labute approximate surface area is 582 Å². The average molecular weight is 1430 g/mol. The van der Waals surface area contributed by atoms with E-state index in [-0.39, 0.29) is 174 Å². The number of hydrogen-bond donors (Lipinski definition) is 13. The van der Waals surface area contributed by atoms with Gasteiger partial charge in [0.05, 0.1) is 114 Å². The average Bonchev–Trinajstić information content (AvgIpc) is 0.945. The second kappa shape index (κ2) is 44.0. The number of aryl methyl sites for hydroxylation is 3. The number of methoxy groups -OCH3 is 1. The summed E-state index contributed by atoms with van der Waals surface area (Å²) in [5, 5.41) is 128. The summed E-state index contributed by atoms with van der Waals surface area (Å²) in [4.78, 5) is 61.2. The van der Waals surface area contributed by atoms with Crippen LogP contribution in [0.2, 0.25) is 0 Å². The van der Waals surface area contributed by atoms with Crippen LogP contribution in [0.4, 0.5) is 0 Å². The monoisotopic (exact) mass is 1430 g/mol. The van der Waals surface area contributed by atoms with Crippen molar-refractivity contribution in [1.82, 2.24) is 0 Å². The molecule has 0 aliphatic carbocycles. The van der Waals surface area contributed by atoms with Gasteiger partial charge in [-0.25, -0.2) is 24.0 Å². The lowest BCUT2D eigenvalue weighted by atomic mass is 9.94. The second-order valence-corrected chi connectivity index (χ2v) is 24.4. The molecule has 0 aliphatic rings. The molecule has 0 spiro atoms. The molecule has 0 aliphatic heterocycles. The number of phenols is 7. The van der Waals surface area contributed by atoms with E-state index in [2.05, 4.69) is 0 Å². The fraction of sp³-hybridized carbons (Fsp3) is 0.493. The van der Waals surface area contributed by atoms with Gasteiger partial charge in [0, 0.05) is 30.1 Å². The van der Waals surface area contributed by atoms with Gasteiger partial charge in [-0.1, -0.05) is 13.8 Å². The van der Waals surface area contributed by atoms with Crippen molar-refractivity contribution in [2.24, 2.45) is 10.8 Å². The maximum absolute atomic E-state index is 12.4. The van der Waals surface area contributed by atoms with Gasteiger partial charge in [0.25, 0.3) is 0 Å². The van der Waals surface area contributed by atoms with E-state index in [9.17, 15) is 90.4 Å². The Kier molecular flexibility index (Phi) is 36.9. The minimum Gasteiger partial charge on any atom is -0.508 e. The summed E-state index contributed by atoms with van der Waals surface area (Å²) in [6.07, 6.45) is -6.84. The van der Waals surface area contributed by atoms with Gasteiger partial charge >= 0.3 is 29.8 Å². The van der Waals surface area contributed by atoms with Crippen LogP contribution in [0, 0.1) is 31.6 Å². The van der Waals surface area contributed by atoms with E-state index in [1.54, 1.807) is 40.7 Å². The molecule has 0 aromatic heterocycles. The highest BCUT2D eigenvalue weighted by atomic mass is 16.7. The van der Waals surface area contributed by atoms with E-state index in [1.807, 2.05) is 0 Å². The van der Waals surface area contributed by atoms with Crippen LogP contribution in [-0.4, -0.2) is 272 Å². The van der Waals surface area contributed by atoms with Crippen LogP contribution in [0.15, 0.2) is 91.0 Å². The Morgan fingerprint density at radius 2 is 0.485 bits per heavy atom. The number of benzene rings is 5. The minimum absolute atomic E-state index is 0.0137. The van der Waals surface area contributed by atoms with Crippen molar-refractivity contribution in [2.45, 2.75) is 71.2 Å². The zero-order valence-electron chi connectivity index (χ0n) is 56.8. The number of carbonyl (C=O) groups excluding carboxylic acids is 5. The molecule has 32 heteroatoms. The number of ether oxygens (including phenoxy) is 14. The van der Waals surface area contributed by atoms with Gasteiger partial charge in [-0.15, -0.1) is 0 Å². The quantitative estimate of drug-likeness (QED) is 0.0115. The van der Waals surface area contributed by atoms with E-state index in [0.29, 0.717) is 16.7 Å². The first-order chi connectivity index (χ1) is 47.8. The van der Waals surface area contributed by atoms with Gasteiger partial charge < -0.3 is 133 Å². The van der Waals surface area contributed by atoms with E-state index >= 15 is 0 Å². The van der Waals surface area contributed by atoms with Crippen LogP contribution in [0.1, 0.15) is 82.3 Å². The first-order valence-corrected chi connectivity index (χ1v) is 31.3. The molecule has 0 bridgehead atoms. The fourth-order valence-electron chi connectivity index (χ4n) is 8.90. The number of phenolic OH excluding ortho intramolecular Hbond substituents is 7. The summed E-state index contributed by atoms with van der Waals surface area (Å²) in [5.74, 6) is -5.55. The van der Waals surface area contributed by atoms with Crippen molar-refractivity contribution < 1.29 is 157 Å². The molecule has 0 fully saturated rings. The smallest absolute Gasteiger partial charge is 0.338 e. The Hall–Kier alpha value is -8.55. The number of aliphatic hydroxyl groups is 6. The van der Waals surface area contributed by atoms with E-state index in [0.717, 1.165) is 36.4 Å². The molecular weight excluding hydrogens is 1340 g/mol. The molecule has 0 saturated carbocycles. The molecule has 560 valence electrons. The largest absolute Gasteiger partial charge is 0.508 e. The Morgan fingerprint density at radius 1 is 0.287 bits per heavy atom. The lowest BCUT2D eigenvalue weighted by Crippen LogP contribution is -2.37. The van der Waals surface area contributed by atoms with Crippen molar-refractivity contribution >= 4 is 29.8 Å². The second-order valence-electron chi connectivity index (χ2n) is 24.4. The van der Waals surface area contributed by atoms with Crippen molar-refractivity contribution in [1.29, 1.82) is 0 Å². The minimum atomic E-state index is -1.24. The van der Waals surface area contributed by atoms with Gasteiger partial charge in [0.15, 0.2) is 0 Å². The molecule has 5 aromatic rings. The normalized spacial score (nSPS) is 14.3. The molecule has 0 amide bonds. The molecule has 13 N–H and O–H groups in total. The first-order valence-electron chi connectivity index (χ1n) is 31.3. The summed E-state index contributed by atoms with van der Waals surface area (Å²) in [5.41, 5.74) is 0.421. The lowest BCUT2D eigenvalue weighted by Gasteiger charge is -2.30. The lowest BCUT2D eigenvalue weighted by molar-refractivity contribution is -0.133. The van der Waals surface area contributed by atoms with Crippen LogP contribution >= 0.6 is 0 Å². The Morgan fingerprint density at radius 3 is 0.713 bits per heavy atom. The number of esters is 5. The summed E-state index contributed by atoms with van der Waals surface area (Å²) >= 11 is 0. The number of aromatic hydroxyl groups is 7. The number of hydrogen-bond acceptors (Lipinski definition) is 32. The van der Waals surface area contributed by atoms with E-state index in [1.165, 1.54) is 55.6 Å². The molecule has 0 heterocycles. The van der Waals surface area contributed by atoms with Crippen LogP contribution < -0.4 is 0 Å². The SMILES string of the molecule is COCC(O)COCC(C)(COCOCC(O)COC(=O)c1cc(O)cc(O)c1)COCC(O)COC(=O)c1cc(C)cc(O)c1.Cc1cc(O)cc(C(=O)OCC(O)COCC(C)(COCOCC(O)COC(=O)c2cc(O)cc(O)c2)COCC(O)COC(=O)c2cc(C)cc(O)c2)c1. The summed E-state index contributed by atoms with van der Waals surface area (Å²) in [6.45, 7) is 4.87. The summed E-state index contributed by atoms with van der Waals surface area (Å²) in [7, 11) is 1.45. The maximum atomic E-state index is 12.4. The van der Waals surface area contributed by atoms with E-state index < -0.39 is 104 Å². The maximum Gasteiger partial charge on any atom is 0.338 e. The molecule has 5 rings (SSSR count). The summed E-state index contributed by atoms with van der Waals surface area (Å²) in [6, 6.07) is 19.3. The third kappa shape index (κ3) is 34.6. The highest BCUT2D eigenvalue weighted by molar-refractivity contribution is 5.92. The van der Waals surface area contributed by atoms with Gasteiger partial charge in [-0.2, -0.15) is 0 Å². The zero-order valence-corrected chi connectivity index (χ0v) is 56.8. The molecule has 0 saturated heterocycles. The third-order valence-corrected chi connectivity index (χ3v) is 13.5. The van der Waals surface area contributed by atoms with Crippen LogP contribution in [0.3, 0.4) is 0 Å². The van der Waals surface area contributed by atoms with E-state index in [4.69, 9.17) is 66.3 Å². The zero-order chi connectivity index (χ0) is 74.7. The van der Waals surface area contributed by atoms with Crippen molar-refractivity contribution in [3.63, 3.8) is 0 Å². The van der Waals surface area contributed by atoms with Crippen molar-refractivity contribution in [2.75, 3.05) is 140 Å². The predicted molar refractivity (Wildman–Crippen MR) is 350 cm³/mol. The van der Waals surface area contributed by atoms with Gasteiger partial charge in [-0.3, -0.25) is 0 Å². The first kappa shape index (κ1) is 84.9. The Bertz CT molecular complexity index is 3180. The fourth-order valence-corrected chi connectivity index (χ4v) is 8.90. The van der Waals surface area contributed by atoms with Crippen molar-refractivity contribution in [3.05, 3.63) is 136 Å². The van der Waals surface area contributed by atoms with Crippen LogP contribution in [0.5, 0.6) is 40.2 Å². The molecule has 7 atom stereocenters. The van der Waals surface area contributed by atoms with Crippen molar-refractivity contribution in [3.8, 4) is 40.2 Å². The van der Waals surface area contributed by atoms with Crippen LogP contribution in [0.25, 0.3) is 0 Å². The topological polar surface area (TPSA) is 478 Å². The molecule has 0 radical (unpaired) electrons. The number of rotatable bonds is 45. The molecule has 32 nitrogen and oxygen atoms in total. The van der Waals surface area contributed by atoms with Gasteiger partial charge in [0.2, 0.25) is 0 Å².